The first-order valence-electron chi connectivity index (χ1n) is 6.29. The van der Waals surface area contributed by atoms with Crippen molar-refractivity contribution >= 4 is 45.4 Å². The lowest BCUT2D eigenvalue weighted by atomic mass is 10.2. The fourth-order valence-electron chi connectivity index (χ4n) is 1.56. The first-order valence-corrected chi connectivity index (χ1v) is 8.07. The molecule has 1 N–H and O–H groups in total. The Labute approximate surface area is 139 Å². The molecule has 0 fully saturated rings. The van der Waals surface area contributed by atoms with Crippen LogP contribution in [0.3, 0.4) is 0 Å². The number of ether oxygens (including phenoxy) is 1. The number of amides is 1. The lowest BCUT2D eigenvalue weighted by Gasteiger charge is -2.07. The van der Waals surface area contributed by atoms with Gasteiger partial charge in [0.15, 0.2) is 12.4 Å². The van der Waals surface area contributed by atoms with Gasteiger partial charge in [0.1, 0.15) is 6.26 Å². The van der Waals surface area contributed by atoms with Crippen LogP contribution >= 0.6 is 27.7 Å². The summed E-state index contributed by atoms with van der Waals surface area (Å²) in [5, 5.41) is 5.95. The third kappa shape index (κ3) is 5.19. The molecule has 0 saturated heterocycles. The van der Waals surface area contributed by atoms with Crippen molar-refractivity contribution < 1.29 is 18.8 Å². The second kappa shape index (κ2) is 8.00. The molecule has 0 saturated carbocycles. The number of hydrogen-bond donors (Lipinski definition) is 1. The van der Waals surface area contributed by atoms with Gasteiger partial charge in [-0.15, -0.1) is 11.8 Å². The predicted molar refractivity (Wildman–Crippen MR) is 85.7 cm³/mol. The van der Waals surface area contributed by atoms with Crippen LogP contribution < -0.4 is 5.32 Å². The molecule has 1 heterocycles. The molecule has 0 unspecified atom stereocenters. The van der Waals surface area contributed by atoms with E-state index in [0.717, 1.165) is 14.9 Å². The number of thioether (sulfide) groups is 1. The number of aryl methyl sites for hydroxylation is 1. The van der Waals surface area contributed by atoms with E-state index in [1.165, 1.54) is 24.1 Å². The van der Waals surface area contributed by atoms with E-state index in [9.17, 15) is 9.59 Å². The van der Waals surface area contributed by atoms with E-state index in [-0.39, 0.29) is 18.2 Å². The maximum Gasteiger partial charge on any atom is 0.316 e. The van der Waals surface area contributed by atoms with Gasteiger partial charge in [-0.1, -0.05) is 21.1 Å². The summed E-state index contributed by atoms with van der Waals surface area (Å²) in [6.07, 6.45) is 1.33. The minimum Gasteiger partial charge on any atom is -0.455 e. The van der Waals surface area contributed by atoms with Crippen molar-refractivity contribution in [3.05, 3.63) is 40.6 Å². The number of aromatic nitrogens is 1. The molecule has 0 atom stereocenters. The number of rotatable bonds is 6. The van der Waals surface area contributed by atoms with Crippen molar-refractivity contribution in [3.8, 4) is 0 Å². The van der Waals surface area contributed by atoms with Crippen LogP contribution in [0.2, 0.25) is 0 Å². The maximum absolute atomic E-state index is 11.6. The van der Waals surface area contributed by atoms with Crippen LogP contribution in [0.1, 0.15) is 5.56 Å². The van der Waals surface area contributed by atoms with Crippen LogP contribution in [-0.4, -0.2) is 29.4 Å². The second-order valence-electron chi connectivity index (χ2n) is 4.29. The van der Waals surface area contributed by atoms with Gasteiger partial charge in [0.05, 0.1) is 5.75 Å². The van der Waals surface area contributed by atoms with Crippen molar-refractivity contribution in [1.29, 1.82) is 0 Å². The molecule has 2 aromatic rings. The minimum absolute atomic E-state index is 0.139. The molecule has 0 aliphatic carbocycles. The van der Waals surface area contributed by atoms with Gasteiger partial charge in [0.2, 0.25) is 0 Å². The number of anilines is 1. The van der Waals surface area contributed by atoms with Crippen molar-refractivity contribution in [2.24, 2.45) is 0 Å². The lowest BCUT2D eigenvalue weighted by Crippen LogP contribution is -2.21. The molecule has 22 heavy (non-hydrogen) atoms. The Bertz CT molecular complexity index is 661. The number of carbonyl (C=O) groups is 2. The van der Waals surface area contributed by atoms with Crippen molar-refractivity contribution in [2.45, 2.75) is 11.8 Å². The molecule has 0 aliphatic rings. The van der Waals surface area contributed by atoms with Crippen molar-refractivity contribution in [3.63, 3.8) is 0 Å². The molecule has 2 rings (SSSR count). The standard InChI is InChI=1S/C14H13BrN2O4S/c1-9-6-10(15)2-3-11(9)22-8-14(19)20-7-13(18)16-12-4-5-21-17-12/h2-6H,7-8H2,1H3,(H,16,17,18). The van der Waals surface area contributed by atoms with Crippen LogP contribution in [0.5, 0.6) is 0 Å². The average Bonchev–Trinajstić information content (AvgIpc) is 2.97. The highest BCUT2D eigenvalue weighted by molar-refractivity contribution is 9.10. The maximum atomic E-state index is 11.6. The van der Waals surface area contributed by atoms with Gasteiger partial charge in [-0.3, -0.25) is 9.59 Å². The third-order valence-electron chi connectivity index (χ3n) is 2.55. The fourth-order valence-corrected chi connectivity index (χ4v) is 2.84. The summed E-state index contributed by atoms with van der Waals surface area (Å²) >= 11 is 4.75. The Balaban J connectivity index is 1.72. The zero-order valence-corrected chi connectivity index (χ0v) is 14.1. The molecular weight excluding hydrogens is 372 g/mol. The molecule has 0 bridgehead atoms. The van der Waals surface area contributed by atoms with Gasteiger partial charge >= 0.3 is 5.97 Å². The Kier molecular flexibility index (Phi) is 6.02. The quantitative estimate of drug-likeness (QED) is 0.608. The van der Waals surface area contributed by atoms with E-state index >= 15 is 0 Å². The molecule has 0 aliphatic heterocycles. The van der Waals surface area contributed by atoms with Gasteiger partial charge in [-0.05, 0) is 30.7 Å². The molecule has 6 nitrogen and oxygen atoms in total. The monoisotopic (exact) mass is 384 g/mol. The SMILES string of the molecule is Cc1cc(Br)ccc1SCC(=O)OCC(=O)Nc1ccon1. The van der Waals surface area contributed by atoms with Crippen LogP contribution in [0, 0.1) is 6.92 Å². The van der Waals surface area contributed by atoms with E-state index in [2.05, 4.69) is 30.9 Å². The van der Waals surface area contributed by atoms with Crippen molar-refractivity contribution in [2.75, 3.05) is 17.7 Å². The number of nitrogens with one attached hydrogen (secondary N) is 1. The molecular formula is C14H13BrN2O4S. The number of carbonyl (C=O) groups excluding carboxylic acids is 2. The van der Waals surface area contributed by atoms with E-state index in [4.69, 9.17) is 4.74 Å². The Morgan fingerprint density at radius 1 is 1.41 bits per heavy atom. The molecule has 1 amide bonds. The smallest absolute Gasteiger partial charge is 0.316 e. The van der Waals surface area contributed by atoms with Crippen LogP contribution in [0.4, 0.5) is 5.82 Å². The summed E-state index contributed by atoms with van der Waals surface area (Å²) in [5.74, 6) is -0.504. The van der Waals surface area contributed by atoms with Gasteiger partial charge < -0.3 is 14.6 Å². The number of esters is 1. The van der Waals surface area contributed by atoms with Crippen LogP contribution in [0.25, 0.3) is 0 Å². The topological polar surface area (TPSA) is 81.4 Å². The number of halogens is 1. The number of hydrogen-bond acceptors (Lipinski definition) is 6. The van der Waals surface area contributed by atoms with Crippen LogP contribution in [-0.2, 0) is 14.3 Å². The highest BCUT2D eigenvalue weighted by Gasteiger charge is 2.10. The first-order chi connectivity index (χ1) is 10.5. The van der Waals surface area contributed by atoms with Gasteiger partial charge in [-0.25, -0.2) is 0 Å². The zero-order chi connectivity index (χ0) is 15.9. The summed E-state index contributed by atoms with van der Waals surface area (Å²) in [6.45, 7) is 1.61. The molecule has 0 spiro atoms. The Hall–Kier alpha value is -1.80. The largest absolute Gasteiger partial charge is 0.455 e. The van der Waals surface area contributed by atoms with E-state index in [1.807, 2.05) is 25.1 Å². The summed E-state index contributed by atoms with van der Waals surface area (Å²) in [7, 11) is 0. The Morgan fingerprint density at radius 3 is 2.91 bits per heavy atom. The highest BCUT2D eigenvalue weighted by Crippen LogP contribution is 2.25. The third-order valence-corrected chi connectivity index (χ3v) is 4.19. The van der Waals surface area contributed by atoms with Crippen molar-refractivity contribution in [1.82, 2.24) is 5.16 Å². The first kappa shape index (κ1) is 16.6. The number of benzene rings is 1. The zero-order valence-electron chi connectivity index (χ0n) is 11.7. The normalized spacial score (nSPS) is 10.3. The summed E-state index contributed by atoms with van der Waals surface area (Å²) in [6, 6.07) is 7.30. The second-order valence-corrected chi connectivity index (χ2v) is 6.22. The van der Waals surface area contributed by atoms with Gasteiger partial charge in [-0.2, -0.15) is 0 Å². The average molecular weight is 385 g/mol. The van der Waals surface area contributed by atoms with E-state index < -0.39 is 11.9 Å². The Morgan fingerprint density at radius 2 is 2.23 bits per heavy atom. The molecule has 1 aromatic carbocycles. The highest BCUT2D eigenvalue weighted by atomic mass is 79.9. The molecule has 1 aromatic heterocycles. The summed E-state index contributed by atoms with van der Waals surface area (Å²) in [5.41, 5.74) is 1.07. The minimum atomic E-state index is -0.466. The summed E-state index contributed by atoms with van der Waals surface area (Å²) < 4.78 is 10.5. The van der Waals surface area contributed by atoms with E-state index in [1.54, 1.807) is 0 Å². The molecule has 8 heteroatoms. The predicted octanol–water partition coefficient (Wildman–Crippen LogP) is 3.02. The lowest BCUT2D eigenvalue weighted by molar-refractivity contribution is -0.144. The molecule has 0 radical (unpaired) electrons. The van der Waals surface area contributed by atoms with E-state index in [0.29, 0.717) is 0 Å². The van der Waals surface area contributed by atoms with Gasteiger partial charge in [0, 0.05) is 15.4 Å². The number of nitrogens with zero attached hydrogens (tertiary/aromatic N) is 1. The summed E-state index contributed by atoms with van der Waals surface area (Å²) in [4.78, 5) is 24.1. The van der Waals surface area contributed by atoms with Gasteiger partial charge in [0.25, 0.3) is 5.91 Å². The molecule has 116 valence electrons. The van der Waals surface area contributed by atoms with Crippen LogP contribution in [0.15, 0.2) is 44.4 Å². The fraction of sp³-hybridized carbons (Fsp3) is 0.214.